The van der Waals surface area contributed by atoms with E-state index in [0.717, 1.165) is 40.9 Å². The van der Waals surface area contributed by atoms with Crippen LogP contribution in [0.2, 0.25) is 0 Å². The van der Waals surface area contributed by atoms with Gasteiger partial charge in [-0.2, -0.15) is 10.2 Å². The Labute approximate surface area is 175 Å². The summed E-state index contributed by atoms with van der Waals surface area (Å²) in [6, 6.07) is 4.27. The molecule has 2 aliphatic rings. The predicted octanol–water partition coefficient (Wildman–Crippen LogP) is 3.45. The molecule has 30 heavy (non-hydrogen) atoms. The van der Waals surface area contributed by atoms with Crippen molar-refractivity contribution in [3.05, 3.63) is 41.6 Å². The van der Waals surface area contributed by atoms with Crippen molar-refractivity contribution >= 4 is 10.9 Å². The summed E-state index contributed by atoms with van der Waals surface area (Å²) >= 11 is 0. The minimum Gasteiger partial charge on any atom is -0.330 e. The lowest BCUT2D eigenvalue weighted by Crippen LogP contribution is -2.59. The van der Waals surface area contributed by atoms with Crippen molar-refractivity contribution in [2.24, 2.45) is 19.5 Å². The van der Waals surface area contributed by atoms with Crippen molar-refractivity contribution in [3.63, 3.8) is 0 Å². The molecule has 1 aliphatic heterocycles. The maximum atomic E-state index is 5.27. The zero-order valence-corrected chi connectivity index (χ0v) is 18.0. The van der Waals surface area contributed by atoms with Gasteiger partial charge in [-0.25, -0.2) is 4.98 Å². The molecule has 1 saturated heterocycles. The van der Waals surface area contributed by atoms with Crippen molar-refractivity contribution in [2.75, 3.05) is 13.1 Å². The van der Waals surface area contributed by atoms with E-state index in [4.69, 9.17) is 4.98 Å². The van der Waals surface area contributed by atoms with Crippen LogP contribution in [0.25, 0.3) is 33.4 Å². The number of H-pyrrole nitrogens is 1. The van der Waals surface area contributed by atoms with Gasteiger partial charge in [0.25, 0.3) is 0 Å². The predicted molar refractivity (Wildman–Crippen MR) is 117 cm³/mol. The van der Waals surface area contributed by atoms with Crippen LogP contribution < -0.4 is 5.32 Å². The van der Waals surface area contributed by atoms with Crippen molar-refractivity contribution in [3.8, 4) is 22.5 Å². The van der Waals surface area contributed by atoms with Gasteiger partial charge in [0.1, 0.15) is 11.5 Å². The Hall–Kier alpha value is -2.93. The molecule has 0 radical (unpaired) electrons. The molecule has 154 valence electrons. The number of nitrogens with one attached hydrogen (secondary N) is 2. The summed E-state index contributed by atoms with van der Waals surface area (Å²) in [6.07, 6.45) is 6.48. The molecule has 4 heterocycles. The average molecular weight is 402 g/mol. The molecule has 7 nitrogen and oxygen atoms in total. The third-order valence-corrected chi connectivity index (χ3v) is 7.19. The Morgan fingerprint density at radius 2 is 1.93 bits per heavy atom. The van der Waals surface area contributed by atoms with Crippen molar-refractivity contribution in [1.29, 1.82) is 0 Å². The smallest absolute Gasteiger partial charge is 0.112 e. The molecule has 1 saturated carbocycles. The topological polar surface area (TPSA) is 76.3 Å². The van der Waals surface area contributed by atoms with Crippen LogP contribution in [0.3, 0.4) is 0 Å². The first-order chi connectivity index (χ1) is 14.5. The van der Waals surface area contributed by atoms with Gasteiger partial charge in [0.2, 0.25) is 0 Å². The first-order valence-electron chi connectivity index (χ1n) is 10.7. The Morgan fingerprint density at radius 3 is 2.60 bits per heavy atom. The van der Waals surface area contributed by atoms with Crippen molar-refractivity contribution < 1.29 is 0 Å². The van der Waals surface area contributed by atoms with E-state index in [1.165, 1.54) is 35.5 Å². The monoisotopic (exact) mass is 401 g/mol. The van der Waals surface area contributed by atoms with E-state index >= 15 is 0 Å². The summed E-state index contributed by atoms with van der Waals surface area (Å²) < 4.78 is 4.21. The molecular weight excluding hydrogens is 374 g/mol. The Balaban J connectivity index is 1.58. The largest absolute Gasteiger partial charge is 0.330 e. The van der Waals surface area contributed by atoms with Crippen LogP contribution in [0.5, 0.6) is 0 Å². The fourth-order valence-corrected chi connectivity index (χ4v) is 5.56. The molecule has 3 aromatic heterocycles. The van der Waals surface area contributed by atoms with Crippen molar-refractivity contribution in [2.45, 2.75) is 32.6 Å². The van der Waals surface area contributed by atoms with E-state index in [1.54, 1.807) is 0 Å². The number of aromatic nitrogens is 6. The van der Waals surface area contributed by atoms with E-state index in [1.807, 2.05) is 17.9 Å². The van der Waals surface area contributed by atoms with E-state index in [9.17, 15) is 0 Å². The number of rotatable bonds is 3. The van der Waals surface area contributed by atoms with Gasteiger partial charge in [0.15, 0.2) is 0 Å². The summed E-state index contributed by atoms with van der Waals surface area (Å²) in [5.74, 6) is 1.71. The van der Waals surface area contributed by atoms with Gasteiger partial charge < -0.3 is 9.88 Å². The molecule has 2 N–H and O–H groups in total. The third-order valence-electron chi connectivity index (χ3n) is 7.19. The van der Waals surface area contributed by atoms with Gasteiger partial charge in [-0.05, 0) is 43.7 Å². The minimum atomic E-state index is 0.516. The van der Waals surface area contributed by atoms with Gasteiger partial charge in [0.05, 0.1) is 23.1 Å². The van der Waals surface area contributed by atoms with Crippen molar-refractivity contribution in [1.82, 2.24) is 34.8 Å². The van der Waals surface area contributed by atoms with Crippen LogP contribution in [0.4, 0.5) is 0 Å². The van der Waals surface area contributed by atoms with Gasteiger partial charge in [-0.3, -0.25) is 9.78 Å². The van der Waals surface area contributed by atoms with E-state index in [0.29, 0.717) is 11.3 Å². The minimum absolute atomic E-state index is 0.516. The number of nitrogens with zero attached hydrogens (tertiary/aromatic N) is 5. The number of fused-ring (bicyclic) bond motifs is 1. The summed E-state index contributed by atoms with van der Waals surface area (Å²) in [4.78, 5) is 5.27. The van der Waals surface area contributed by atoms with Gasteiger partial charge >= 0.3 is 0 Å². The number of aryl methyl sites for hydroxylation is 3. The zero-order chi connectivity index (χ0) is 20.6. The molecule has 0 bridgehead atoms. The van der Waals surface area contributed by atoms with E-state index < -0.39 is 0 Å². The summed E-state index contributed by atoms with van der Waals surface area (Å²) in [6.45, 7) is 6.55. The molecular formula is C23H27N7. The summed E-state index contributed by atoms with van der Waals surface area (Å²) in [5.41, 5.74) is 8.31. The lowest BCUT2D eigenvalue weighted by molar-refractivity contribution is 0.0321. The highest BCUT2D eigenvalue weighted by Crippen LogP contribution is 2.54. The van der Waals surface area contributed by atoms with Gasteiger partial charge in [-0.1, -0.05) is 6.07 Å². The number of hydrogen-bond donors (Lipinski definition) is 2. The first kappa shape index (κ1) is 17.9. The highest BCUT2D eigenvalue weighted by molar-refractivity contribution is 5.99. The van der Waals surface area contributed by atoms with Crippen LogP contribution >= 0.6 is 0 Å². The maximum absolute atomic E-state index is 5.27. The summed E-state index contributed by atoms with van der Waals surface area (Å²) in [7, 11) is 4.15. The molecule has 7 heteroatoms. The highest BCUT2D eigenvalue weighted by atomic mass is 15.3. The summed E-state index contributed by atoms with van der Waals surface area (Å²) in [5, 5.41) is 16.6. The Bertz CT molecular complexity index is 1280. The van der Waals surface area contributed by atoms with E-state index in [2.05, 4.69) is 64.4 Å². The zero-order valence-electron chi connectivity index (χ0n) is 18.0. The lowest BCUT2D eigenvalue weighted by atomic mass is 9.58. The Kier molecular flexibility index (Phi) is 3.60. The van der Waals surface area contributed by atoms with E-state index in [-0.39, 0.29) is 0 Å². The van der Waals surface area contributed by atoms with Crippen LogP contribution in [0.15, 0.2) is 24.5 Å². The van der Waals surface area contributed by atoms with Crippen LogP contribution in [-0.2, 0) is 14.1 Å². The molecule has 2 fully saturated rings. The SMILES string of the molecule is Cc1ccc2[nH]ncc2c1-c1c(-c2cn(C)nc2C)nc(C2CC3(CNC3)C2)n1C. The fourth-order valence-electron chi connectivity index (χ4n) is 5.56. The first-order valence-corrected chi connectivity index (χ1v) is 10.7. The lowest BCUT2D eigenvalue weighted by Gasteiger charge is -2.54. The molecule has 0 atom stereocenters. The molecule has 4 aromatic rings. The molecule has 6 rings (SSSR count). The molecule has 0 amide bonds. The number of hydrogen-bond acceptors (Lipinski definition) is 4. The van der Waals surface area contributed by atoms with Crippen LogP contribution in [0.1, 0.15) is 35.8 Å². The second-order valence-electron chi connectivity index (χ2n) is 9.33. The van der Waals surface area contributed by atoms with Gasteiger partial charge in [0, 0.05) is 55.8 Å². The molecule has 1 spiro atoms. The number of aromatic amines is 1. The second kappa shape index (κ2) is 6.04. The second-order valence-corrected chi connectivity index (χ2v) is 9.33. The normalized spacial score (nSPS) is 18.1. The standard InChI is InChI=1S/C23H27N7/c1-13-5-6-18-16(9-25-27-18)19(13)21-20(17-10-29(3)28-14(17)2)26-22(30(21)4)15-7-23(8-15)11-24-12-23/h5-6,9-10,15,24H,7-8,11-12H2,1-4H3,(H,25,27). The molecule has 1 aliphatic carbocycles. The van der Waals surface area contributed by atoms with Gasteiger partial charge in [-0.15, -0.1) is 0 Å². The highest BCUT2D eigenvalue weighted by Gasteiger charge is 2.50. The number of benzene rings is 1. The number of imidazole rings is 1. The Morgan fingerprint density at radius 1 is 1.13 bits per heavy atom. The fraction of sp³-hybridized carbons (Fsp3) is 0.435. The maximum Gasteiger partial charge on any atom is 0.112 e. The third kappa shape index (κ3) is 2.38. The van der Waals surface area contributed by atoms with Crippen LogP contribution in [0, 0.1) is 19.3 Å². The van der Waals surface area contributed by atoms with Crippen LogP contribution in [-0.4, -0.2) is 42.6 Å². The molecule has 1 aromatic carbocycles. The molecule has 0 unspecified atom stereocenters. The average Bonchev–Trinajstić information content (AvgIpc) is 3.31. The quantitative estimate of drug-likeness (QED) is 0.551.